The van der Waals surface area contributed by atoms with Crippen LogP contribution in [0.25, 0.3) is 11.1 Å². The number of benzene rings is 3. The molecule has 0 N–H and O–H groups in total. The fourth-order valence-corrected chi connectivity index (χ4v) is 7.12. The van der Waals surface area contributed by atoms with E-state index in [9.17, 15) is 4.79 Å². The van der Waals surface area contributed by atoms with E-state index in [1.807, 2.05) is 48.7 Å². The molecule has 0 fully saturated rings. The number of unbranched alkanes of at least 4 members (excludes halogenated alkanes) is 13. The van der Waals surface area contributed by atoms with E-state index >= 15 is 0 Å². The normalized spacial score (nSPS) is 16.8. The molecule has 0 spiro atoms. The van der Waals surface area contributed by atoms with E-state index in [-0.39, 0.29) is 11.2 Å². The van der Waals surface area contributed by atoms with Gasteiger partial charge >= 0.3 is 0 Å². The Labute approximate surface area is 266 Å². The number of Topliss-reactive ketones (excluding diaryl/α,β-unsaturated/α-hetero) is 1. The van der Waals surface area contributed by atoms with E-state index in [0.29, 0.717) is 5.71 Å². The summed E-state index contributed by atoms with van der Waals surface area (Å²) in [4.78, 5) is 21.2. The van der Waals surface area contributed by atoms with Crippen LogP contribution in [-0.4, -0.2) is 18.0 Å². The zero-order valence-corrected chi connectivity index (χ0v) is 27.4. The zero-order valence-electron chi connectivity index (χ0n) is 27.4. The highest BCUT2D eigenvalue weighted by Crippen LogP contribution is 2.47. The van der Waals surface area contributed by atoms with Crippen molar-refractivity contribution in [1.29, 1.82) is 0 Å². The molecule has 0 amide bonds. The van der Waals surface area contributed by atoms with E-state index in [4.69, 9.17) is 4.99 Å². The van der Waals surface area contributed by atoms with E-state index in [2.05, 4.69) is 56.0 Å². The Morgan fingerprint density at radius 2 is 1.09 bits per heavy atom. The molecule has 1 aliphatic carbocycles. The number of hydrogen-bond donors (Lipinski definition) is 0. The first-order chi connectivity index (χ1) is 21.5. The van der Waals surface area contributed by atoms with Crippen molar-refractivity contribution < 1.29 is 4.79 Å². The zero-order chi connectivity index (χ0) is 30.8. The van der Waals surface area contributed by atoms with Crippen LogP contribution < -0.4 is 4.90 Å². The van der Waals surface area contributed by atoms with Gasteiger partial charge in [-0.15, -0.1) is 0 Å². The molecule has 3 heteroatoms. The Bertz CT molecular complexity index is 1460. The minimum Gasteiger partial charge on any atom is -0.343 e. The fraction of sp³-hybridized carbons (Fsp3) is 0.463. The predicted molar refractivity (Wildman–Crippen MR) is 188 cm³/mol. The van der Waals surface area contributed by atoms with Gasteiger partial charge in [0, 0.05) is 40.7 Å². The van der Waals surface area contributed by atoms with Crippen molar-refractivity contribution in [2.24, 2.45) is 4.99 Å². The molecule has 232 valence electrons. The van der Waals surface area contributed by atoms with Crippen LogP contribution in [0.4, 0.5) is 5.69 Å². The summed E-state index contributed by atoms with van der Waals surface area (Å²) in [5.41, 5.74) is 7.85. The quantitative estimate of drug-likeness (QED) is 0.156. The number of fused-ring (bicyclic) bond motifs is 4. The molecule has 2 aliphatic rings. The highest BCUT2D eigenvalue weighted by Gasteiger charge is 2.40. The van der Waals surface area contributed by atoms with E-state index in [1.54, 1.807) is 0 Å². The van der Waals surface area contributed by atoms with Gasteiger partial charge in [-0.05, 0) is 29.2 Å². The maximum atomic E-state index is 13.7. The third-order valence-electron chi connectivity index (χ3n) is 9.71. The first-order valence-corrected chi connectivity index (χ1v) is 17.4. The molecular weight excluding hydrogens is 536 g/mol. The van der Waals surface area contributed by atoms with Crippen LogP contribution in [0.5, 0.6) is 0 Å². The van der Waals surface area contributed by atoms with Crippen LogP contribution in [0.3, 0.4) is 0 Å². The SMILES string of the molecule is CCCCCCCCCCCCCCCCN1/C(=C\N=C2C(=O)c3ccccc3-c3ccccc32)C(C)(C)c2ccccc21. The second kappa shape index (κ2) is 15.5. The number of aliphatic imine (C=N–C) groups is 1. The average Bonchev–Trinajstić information content (AvgIpc) is 3.26. The Morgan fingerprint density at radius 1 is 0.614 bits per heavy atom. The second-order valence-corrected chi connectivity index (χ2v) is 13.3. The maximum Gasteiger partial charge on any atom is 0.212 e. The predicted octanol–water partition coefficient (Wildman–Crippen LogP) is 11.5. The number of anilines is 1. The molecule has 0 saturated carbocycles. The fourth-order valence-electron chi connectivity index (χ4n) is 7.12. The molecule has 3 aromatic carbocycles. The first-order valence-electron chi connectivity index (χ1n) is 17.4. The van der Waals surface area contributed by atoms with Crippen LogP contribution in [0.2, 0.25) is 0 Å². The molecule has 0 radical (unpaired) electrons. The number of rotatable bonds is 16. The molecule has 1 aliphatic heterocycles. The van der Waals surface area contributed by atoms with Gasteiger partial charge in [-0.1, -0.05) is 171 Å². The van der Waals surface area contributed by atoms with Gasteiger partial charge < -0.3 is 4.90 Å². The summed E-state index contributed by atoms with van der Waals surface area (Å²) >= 11 is 0. The summed E-state index contributed by atoms with van der Waals surface area (Å²) in [6, 6.07) is 24.8. The number of nitrogens with zero attached hydrogens (tertiary/aromatic N) is 2. The Hall–Kier alpha value is -3.46. The van der Waals surface area contributed by atoms with Gasteiger partial charge in [-0.3, -0.25) is 9.79 Å². The van der Waals surface area contributed by atoms with E-state index < -0.39 is 0 Å². The molecule has 1 heterocycles. The van der Waals surface area contributed by atoms with Crippen molar-refractivity contribution in [2.45, 2.75) is 116 Å². The van der Waals surface area contributed by atoms with Crippen molar-refractivity contribution in [3.63, 3.8) is 0 Å². The molecule has 0 saturated heterocycles. The summed E-state index contributed by atoms with van der Waals surface area (Å²) in [6.45, 7) is 7.84. The lowest BCUT2D eigenvalue weighted by molar-refractivity contribution is 0.106. The monoisotopic (exact) mass is 588 g/mol. The third kappa shape index (κ3) is 7.25. The molecule has 0 aromatic heterocycles. The van der Waals surface area contributed by atoms with E-state index in [1.165, 1.54) is 100 Å². The Morgan fingerprint density at radius 3 is 1.70 bits per heavy atom. The van der Waals surface area contributed by atoms with Crippen molar-refractivity contribution in [2.75, 3.05) is 11.4 Å². The average molecular weight is 589 g/mol. The van der Waals surface area contributed by atoms with Gasteiger partial charge in [0.1, 0.15) is 5.71 Å². The van der Waals surface area contributed by atoms with Crippen molar-refractivity contribution in [1.82, 2.24) is 0 Å². The minimum atomic E-state index is -0.189. The molecule has 3 aromatic rings. The third-order valence-corrected chi connectivity index (χ3v) is 9.71. The summed E-state index contributed by atoms with van der Waals surface area (Å²) < 4.78 is 0. The highest BCUT2D eigenvalue weighted by atomic mass is 16.1. The number of hydrogen-bond acceptors (Lipinski definition) is 3. The van der Waals surface area contributed by atoms with E-state index in [0.717, 1.165) is 35.2 Å². The van der Waals surface area contributed by atoms with Gasteiger partial charge in [0.25, 0.3) is 0 Å². The summed E-state index contributed by atoms with van der Waals surface area (Å²) in [5.74, 6) is 0.00277. The number of carbonyl (C=O) groups excluding carboxylic acids is 1. The summed E-state index contributed by atoms with van der Waals surface area (Å²) in [7, 11) is 0. The van der Waals surface area contributed by atoms with Crippen molar-refractivity contribution in [3.05, 3.63) is 101 Å². The number of allylic oxidation sites excluding steroid dienone is 1. The highest BCUT2D eigenvalue weighted by molar-refractivity contribution is 6.55. The van der Waals surface area contributed by atoms with Crippen LogP contribution in [0.15, 0.2) is 89.7 Å². The molecule has 5 rings (SSSR count). The lowest BCUT2D eigenvalue weighted by Crippen LogP contribution is -2.27. The minimum absolute atomic E-state index is 0.00277. The molecule has 3 nitrogen and oxygen atoms in total. The van der Waals surface area contributed by atoms with Gasteiger partial charge in [0.05, 0.1) is 0 Å². The lowest BCUT2D eigenvalue weighted by atomic mass is 9.83. The standard InChI is InChI=1S/C41H52N2O/c1-4-5-6-7-8-9-10-11-12-13-14-15-16-23-30-43-37-29-22-21-28-36(37)41(2,3)38(43)31-42-39-34-26-19-17-24-32(34)33-25-18-20-27-35(33)40(39)44/h17-22,24-29,31H,4-16,23,30H2,1-3H3/b38-31-,42-39?. The lowest BCUT2D eigenvalue weighted by Gasteiger charge is -2.27. The van der Waals surface area contributed by atoms with Gasteiger partial charge in [-0.2, -0.15) is 0 Å². The smallest absolute Gasteiger partial charge is 0.212 e. The summed E-state index contributed by atoms with van der Waals surface area (Å²) in [6.07, 6.45) is 21.1. The van der Waals surface area contributed by atoms with Crippen molar-refractivity contribution in [3.8, 4) is 11.1 Å². The van der Waals surface area contributed by atoms with Crippen LogP contribution in [0, 0.1) is 0 Å². The van der Waals surface area contributed by atoms with Gasteiger partial charge in [0.15, 0.2) is 0 Å². The maximum absolute atomic E-state index is 13.7. The van der Waals surface area contributed by atoms with Crippen LogP contribution in [-0.2, 0) is 5.41 Å². The molecular formula is C41H52N2O. The molecule has 0 bridgehead atoms. The number of carbonyl (C=O) groups is 1. The Balaban J connectivity index is 1.21. The number of ketones is 1. The van der Waals surface area contributed by atoms with Gasteiger partial charge in [-0.25, -0.2) is 0 Å². The first kappa shape index (κ1) is 31.9. The molecule has 0 atom stereocenters. The van der Waals surface area contributed by atoms with Gasteiger partial charge in [0.2, 0.25) is 5.78 Å². The largest absolute Gasteiger partial charge is 0.343 e. The number of para-hydroxylation sites is 1. The Kier molecular flexibility index (Phi) is 11.3. The van der Waals surface area contributed by atoms with Crippen LogP contribution >= 0.6 is 0 Å². The second-order valence-electron chi connectivity index (χ2n) is 13.3. The van der Waals surface area contributed by atoms with Crippen molar-refractivity contribution >= 4 is 17.2 Å². The topological polar surface area (TPSA) is 32.7 Å². The molecule has 44 heavy (non-hydrogen) atoms. The molecule has 0 unspecified atom stereocenters. The van der Waals surface area contributed by atoms with Crippen LogP contribution in [0.1, 0.15) is 132 Å². The summed E-state index contributed by atoms with van der Waals surface area (Å²) in [5, 5.41) is 0.